The number of allylic oxidation sites excluding steroid dienone is 1. The van der Waals surface area contributed by atoms with Crippen molar-refractivity contribution in [3.05, 3.63) is 41.5 Å². The fourth-order valence-electron chi connectivity index (χ4n) is 1.19. The number of nitrogens with one attached hydrogen (secondary N) is 1. The van der Waals surface area contributed by atoms with Gasteiger partial charge in [0.2, 0.25) is 0 Å². The van der Waals surface area contributed by atoms with E-state index in [2.05, 4.69) is 5.32 Å². The highest BCUT2D eigenvalue weighted by Crippen LogP contribution is 2.10. The SMILES string of the molecule is CC=C(C(=O)O)C(=O)Nc1ccc(C)cc1. The minimum absolute atomic E-state index is 0.263. The minimum Gasteiger partial charge on any atom is -0.478 e. The molecule has 1 aromatic carbocycles. The molecule has 0 bridgehead atoms. The first-order chi connectivity index (χ1) is 7.54. The molecule has 0 saturated carbocycles. The van der Waals surface area contributed by atoms with E-state index in [9.17, 15) is 9.59 Å². The third-order valence-electron chi connectivity index (χ3n) is 2.07. The zero-order valence-electron chi connectivity index (χ0n) is 9.15. The molecule has 0 unspecified atom stereocenters. The lowest BCUT2D eigenvalue weighted by Crippen LogP contribution is -2.19. The van der Waals surface area contributed by atoms with E-state index >= 15 is 0 Å². The molecule has 16 heavy (non-hydrogen) atoms. The Morgan fingerprint density at radius 2 is 1.81 bits per heavy atom. The van der Waals surface area contributed by atoms with Crippen LogP contribution in [0.15, 0.2) is 35.9 Å². The zero-order chi connectivity index (χ0) is 12.1. The van der Waals surface area contributed by atoms with Crippen molar-refractivity contribution in [2.75, 3.05) is 5.32 Å². The molecule has 0 fully saturated rings. The standard InChI is InChI=1S/C12H13NO3/c1-3-10(12(15)16)11(14)13-9-6-4-8(2)5-7-9/h3-7H,1-2H3,(H,13,14)(H,15,16). The van der Waals surface area contributed by atoms with Crippen LogP contribution in [0.4, 0.5) is 5.69 Å². The van der Waals surface area contributed by atoms with Gasteiger partial charge in [-0.25, -0.2) is 4.79 Å². The molecule has 0 aromatic heterocycles. The number of rotatable bonds is 3. The first-order valence-electron chi connectivity index (χ1n) is 4.82. The van der Waals surface area contributed by atoms with Crippen LogP contribution < -0.4 is 5.32 Å². The van der Waals surface area contributed by atoms with Crippen molar-refractivity contribution < 1.29 is 14.7 Å². The predicted octanol–water partition coefficient (Wildman–Crippen LogP) is 1.96. The molecule has 0 saturated heterocycles. The number of hydrogen-bond acceptors (Lipinski definition) is 2. The smallest absolute Gasteiger partial charge is 0.340 e. The van der Waals surface area contributed by atoms with Crippen LogP contribution >= 0.6 is 0 Å². The monoisotopic (exact) mass is 219 g/mol. The topological polar surface area (TPSA) is 66.4 Å². The fourth-order valence-corrected chi connectivity index (χ4v) is 1.19. The van der Waals surface area contributed by atoms with Gasteiger partial charge in [-0.15, -0.1) is 0 Å². The van der Waals surface area contributed by atoms with E-state index < -0.39 is 11.9 Å². The van der Waals surface area contributed by atoms with Crippen LogP contribution in [0.3, 0.4) is 0 Å². The van der Waals surface area contributed by atoms with E-state index in [-0.39, 0.29) is 5.57 Å². The summed E-state index contributed by atoms with van der Waals surface area (Å²) in [6.45, 7) is 3.44. The van der Waals surface area contributed by atoms with E-state index in [0.29, 0.717) is 5.69 Å². The Labute approximate surface area is 93.6 Å². The zero-order valence-corrected chi connectivity index (χ0v) is 9.15. The predicted molar refractivity (Wildman–Crippen MR) is 61.2 cm³/mol. The first kappa shape index (κ1) is 12.0. The molecular formula is C12H13NO3. The molecule has 0 spiro atoms. The lowest BCUT2D eigenvalue weighted by Gasteiger charge is -2.05. The van der Waals surface area contributed by atoms with Gasteiger partial charge in [0.25, 0.3) is 5.91 Å². The molecule has 4 nitrogen and oxygen atoms in total. The van der Waals surface area contributed by atoms with Gasteiger partial charge in [0.1, 0.15) is 5.57 Å². The van der Waals surface area contributed by atoms with Crippen LogP contribution in [0, 0.1) is 6.92 Å². The summed E-state index contributed by atoms with van der Waals surface area (Å²) in [5, 5.41) is 11.3. The van der Waals surface area contributed by atoms with Gasteiger partial charge in [0.05, 0.1) is 0 Å². The normalized spacial score (nSPS) is 11.0. The Morgan fingerprint density at radius 3 is 2.25 bits per heavy atom. The highest BCUT2D eigenvalue weighted by molar-refractivity contribution is 6.20. The van der Waals surface area contributed by atoms with Crippen LogP contribution in [0.2, 0.25) is 0 Å². The van der Waals surface area contributed by atoms with Gasteiger partial charge in [-0.1, -0.05) is 23.8 Å². The summed E-state index contributed by atoms with van der Waals surface area (Å²) >= 11 is 0. The summed E-state index contributed by atoms with van der Waals surface area (Å²) < 4.78 is 0. The van der Waals surface area contributed by atoms with E-state index in [0.717, 1.165) is 5.56 Å². The Morgan fingerprint density at radius 1 is 1.25 bits per heavy atom. The molecule has 0 aliphatic rings. The maximum absolute atomic E-state index is 11.5. The minimum atomic E-state index is -1.23. The average molecular weight is 219 g/mol. The molecule has 0 radical (unpaired) electrons. The van der Waals surface area contributed by atoms with E-state index in [1.807, 2.05) is 19.1 Å². The Kier molecular flexibility index (Phi) is 3.83. The largest absolute Gasteiger partial charge is 0.478 e. The van der Waals surface area contributed by atoms with Gasteiger partial charge in [0.15, 0.2) is 0 Å². The maximum atomic E-state index is 11.5. The van der Waals surface area contributed by atoms with Crippen LogP contribution in [0.1, 0.15) is 12.5 Å². The third-order valence-corrected chi connectivity index (χ3v) is 2.07. The van der Waals surface area contributed by atoms with Crippen molar-refractivity contribution in [3.8, 4) is 0 Å². The molecule has 1 rings (SSSR count). The molecule has 1 aromatic rings. The lowest BCUT2D eigenvalue weighted by molar-refractivity contribution is -0.134. The van der Waals surface area contributed by atoms with Crippen molar-refractivity contribution in [1.29, 1.82) is 0 Å². The van der Waals surface area contributed by atoms with Crippen molar-refractivity contribution in [2.24, 2.45) is 0 Å². The molecule has 1 amide bonds. The Balaban J connectivity index is 2.78. The summed E-state index contributed by atoms with van der Waals surface area (Å²) in [5.74, 6) is -1.84. The highest BCUT2D eigenvalue weighted by Gasteiger charge is 2.15. The van der Waals surface area contributed by atoms with Crippen molar-refractivity contribution in [2.45, 2.75) is 13.8 Å². The van der Waals surface area contributed by atoms with Gasteiger partial charge < -0.3 is 10.4 Å². The third kappa shape index (κ3) is 2.95. The van der Waals surface area contributed by atoms with Crippen molar-refractivity contribution >= 4 is 17.6 Å². The van der Waals surface area contributed by atoms with Gasteiger partial charge in [-0.05, 0) is 26.0 Å². The number of carboxylic acids is 1. The summed E-state index contributed by atoms with van der Waals surface area (Å²) in [6, 6.07) is 7.13. The molecule has 0 aliphatic carbocycles. The van der Waals surface area contributed by atoms with Crippen LogP contribution in [0.25, 0.3) is 0 Å². The molecule has 0 aliphatic heterocycles. The summed E-state index contributed by atoms with van der Waals surface area (Å²) in [7, 11) is 0. The summed E-state index contributed by atoms with van der Waals surface area (Å²) in [4.78, 5) is 22.2. The number of amides is 1. The van der Waals surface area contributed by atoms with Crippen LogP contribution in [0.5, 0.6) is 0 Å². The van der Waals surface area contributed by atoms with Crippen molar-refractivity contribution in [1.82, 2.24) is 0 Å². The number of carboxylic acid groups (broad SMARTS) is 1. The number of aryl methyl sites for hydroxylation is 1. The molecule has 0 heterocycles. The Hall–Kier alpha value is -2.10. The number of carbonyl (C=O) groups excluding carboxylic acids is 1. The molecule has 4 heteroatoms. The maximum Gasteiger partial charge on any atom is 0.340 e. The van der Waals surface area contributed by atoms with Gasteiger partial charge in [0, 0.05) is 5.69 Å². The number of aliphatic carboxylic acids is 1. The van der Waals surface area contributed by atoms with E-state index in [4.69, 9.17) is 5.11 Å². The number of anilines is 1. The lowest BCUT2D eigenvalue weighted by atomic mass is 10.2. The van der Waals surface area contributed by atoms with E-state index in [1.54, 1.807) is 12.1 Å². The summed E-state index contributed by atoms with van der Waals surface area (Å²) in [5.41, 5.74) is 1.39. The van der Waals surface area contributed by atoms with Gasteiger partial charge >= 0.3 is 5.97 Å². The molecule has 0 atom stereocenters. The van der Waals surface area contributed by atoms with Crippen LogP contribution in [-0.4, -0.2) is 17.0 Å². The second kappa shape index (κ2) is 5.11. The molecular weight excluding hydrogens is 206 g/mol. The number of benzene rings is 1. The second-order valence-corrected chi connectivity index (χ2v) is 3.33. The molecule has 2 N–H and O–H groups in total. The summed E-state index contributed by atoms with van der Waals surface area (Å²) in [6.07, 6.45) is 1.27. The van der Waals surface area contributed by atoms with Crippen LogP contribution in [-0.2, 0) is 9.59 Å². The quantitative estimate of drug-likeness (QED) is 0.464. The number of hydrogen-bond donors (Lipinski definition) is 2. The fraction of sp³-hybridized carbons (Fsp3) is 0.167. The van der Waals surface area contributed by atoms with Gasteiger partial charge in [-0.2, -0.15) is 0 Å². The second-order valence-electron chi connectivity index (χ2n) is 3.33. The number of carbonyl (C=O) groups is 2. The molecule has 84 valence electrons. The highest BCUT2D eigenvalue weighted by atomic mass is 16.4. The average Bonchev–Trinajstić information content (AvgIpc) is 2.22. The Bertz CT molecular complexity index is 432. The van der Waals surface area contributed by atoms with Gasteiger partial charge in [-0.3, -0.25) is 4.79 Å². The van der Waals surface area contributed by atoms with Crippen molar-refractivity contribution in [3.63, 3.8) is 0 Å². The van der Waals surface area contributed by atoms with E-state index in [1.165, 1.54) is 13.0 Å². The first-order valence-corrected chi connectivity index (χ1v) is 4.82.